The molecule has 0 heterocycles. The van der Waals surface area contributed by atoms with Gasteiger partial charge in [-0.25, -0.2) is 8.42 Å². The Bertz CT molecular complexity index is 522. The van der Waals surface area contributed by atoms with Gasteiger partial charge >= 0.3 is 0 Å². The van der Waals surface area contributed by atoms with Crippen molar-refractivity contribution in [1.29, 1.82) is 0 Å². The lowest BCUT2D eigenvalue weighted by atomic mass is 9.96. The molecule has 1 saturated carbocycles. The number of nitrogens with one attached hydrogen (secondary N) is 1. The zero-order valence-electron chi connectivity index (χ0n) is 12.0. The molecule has 2 rings (SSSR count). The van der Waals surface area contributed by atoms with Crippen LogP contribution in [-0.4, -0.2) is 33.9 Å². The molecule has 1 N–H and O–H groups in total. The van der Waals surface area contributed by atoms with E-state index in [1.807, 2.05) is 0 Å². The summed E-state index contributed by atoms with van der Waals surface area (Å²) in [7, 11) is -3.17. The van der Waals surface area contributed by atoms with Gasteiger partial charge in [0.1, 0.15) is 12.4 Å². The van der Waals surface area contributed by atoms with Gasteiger partial charge in [0.05, 0.1) is 4.90 Å². The minimum absolute atomic E-state index is 0.301. The van der Waals surface area contributed by atoms with E-state index in [9.17, 15) is 8.42 Å². The summed E-state index contributed by atoms with van der Waals surface area (Å²) in [4.78, 5) is 0.301. The number of hydrogen-bond acceptors (Lipinski definition) is 4. The molecular formula is C15H23NO3S. The van der Waals surface area contributed by atoms with Crippen LogP contribution in [0.5, 0.6) is 5.75 Å². The minimum Gasteiger partial charge on any atom is -0.492 e. The van der Waals surface area contributed by atoms with E-state index in [1.165, 1.54) is 38.4 Å². The predicted octanol–water partition coefficient (Wildman–Crippen LogP) is 2.39. The van der Waals surface area contributed by atoms with Gasteiger partial charge in [-0.2, -0.15) is 0 Å². The van der Waals surface area contributed by atoms with E-state index in [-0.39, 0.29) is 0 Å². The first-order valence-corrected chi connectivity index (χ1v) is 9.11. The van der Waals surface area contributed by atoms with Crippen molar-refractivity contribution in [3.63, 3.8) is 0 Å². The van der Waals surface area contributed by atoms with Crippen molar-refractivity contribution in [2.45, 2.75) is 43.0 Å². The summed E-state index contributed by atoms with van der Waals surface area (Å²) in [5.41, 5.74) is 0. The van der Waals surface area contributed by atoms with E-state index in [1.54, 1.807) is 24.3 Å². The Hall–Kier alpha value is -1.07. The maximum absolute atomic E-state index is 11.5. The van der Waals surface area contributed by atoms with Gasteiger partial charge in [-0.3, -0.25) is 0 Å². The van der Waals surface area contributed by atoms with E-state index >= 15 is 0 Å². The average Bonchev–Trinajstić information content (AvgIpc) is 2.44. The third-order valence-corrected chi connectivity index (χ3v) is 4.75. The Labute approximate surface area is 121 Å². The highest BCUT2D eigenvalue weighted by atomic mass is 32.2. The highest BCUT2D eigenvalue weighted by molar-refractivity contribution is 7.90. The number of hydrogen-bond donors (Lipinski definition) is 1. The number of ether oxygens (including phenoxy) is 1. The Morgan fingerprint density at radius 1 is 1.25 bits per heavy atom. The molecule has 0 amide bonds. The van der Waals surface area contributed by atoms with E-state index in [4.69, 9.17) is 4.74 Å². The highest BCUT2D eigenvalue weighted by Gasteiger charge is 2.12. The van der Waals surface area contributed by atoms with E-state index in [2.05, 4.69) is 5.32 Å². The molecule has 0 aliphatic heterocycles. The summed E-state index contributed by atoms with van der Waals surface area (Å²) < 4.78 is 28.5. The van der Waals surface area contributed by atoms with Gasteiger partial charge in [0.25, 0.3) is 0 Å². The van der Waals surface area contributed by atoms with Crippen molar-refractivity contribution in [3.05, 3.63) is 24.3 Å². The molecule has 20 heavy (non-hydrogen) atoms. The van der Waals surface area contributed by atoms with Gasteiger partial charge in [-0.05, 0) is 31.0 Å². The predicted molar refractivity (Wildman–Crippen MR) is 79.9 cm³/mol. The minimum atomic E-state index is -3.17. The molecule has 0 aromatic heterocycles. The number of sulfone groups is 1. The lowest BCUT2D eigenvalue weighted by Crippen LogP contribution is -2.34. The molecule has 1 aromatic carbocycles. The zero-order chi connectivity index (χ0) is 14.4. The van der Waals surface area contributed by atoms with Crippen LogP contribution < -0.4 is 10.1 Å². The Balaban J connectivity index is 1.76. The maximum Gasteiger partial charge on any atom is 0.175 e. The molecule has 5 heteroatoms. The lowest BCUT2D eigenvalue weighted by Gasteiger charge is -2.22. The normalized spacial score (nSPS) is 17.1. The molecule has 1 fully saturated rings. The second kappa shape index (κ2) is 7.09. The monoisotopic (exact) mass is 297 g/mol. The van der Waals surface area contributed by atoms with Crippen LogP contribution in [0, 0.1) is 0 Å². The van der Waals surface area contributed by atoms with Crippen molar-refractivity contribution < 1.29 is 13.2 Å². The van der Waals surface area contributed by atoms with Gasteiger partial charge in [-0.15, -0.1) is 0 Å². The van der Waals surface area contributed by atoms with Crippen LogP contribution >= 0.6 is 0 Å². The first-order valence-electron chi connectivity index (χ1n) is 7.22. The smallest absolute Gasteiger partial charge is 0.175 e. The SMILES string of the molecule is CS(=O)(=O)c1cccc(OCCNC2CCCCC2)c1. The molecule has 1 aromatic rings. The van der Waals surface area contributed by atoms with Gasteiger partial charge in [0, 0.05) is 18.8 Å². The van der Waals surface area contributed by atoms with Crippen LogP contribution in [0.25, 0.3) is 0 Å². The van der Waals surface area contributed by atoms with Gasteiger partial charge < -0.3 is 10.1 Å². The molecule has 0 radical (unpaired) electrons. The molecule has 4 nitrogen and oxygen atoms in total. The summed E-state index contributed by atoms with van der Waals surface area (Å²) in [6.07, 6.45) is 7.70. The van der Waals surface area contributed by atoms with E-state index in [0.717, 1.165) is 6.54 Å². The van der Waals surface area contributed by atoms with Crippen LogP contribution in [0.1, 0.15) is 32.1 Å². The average molecular weight is 297 g/mol. The quantitative estimate of drug-likeness (QED) is 0.819. The zero-order valence-corrected chi connectivity index (χ0v) is 12.8. The molecule has 0 saturated heterocycles. The molecule has 0 bridgehead atoms. The third-order valence-electron chi connectivity index (χ3n) is 3.64. The van der Waals surface area contributed by atoms with Crippen molar-refractivity contribution >= 4 is 9.84 Å². The largest absolute Gasteiger partial charge is 0.492 e. The molecule has 0 atom stereocenters. The second-order valence-corrected chi connectivity index (χ2v) is 7.40. The molecule has 112 valence electrons. The topological polar surface area (TPSA) is 55.4 Å². The van der Waals surface area contributed by atoms with Crippen LogP contribution in [0.2, 0.25) is 0 Å². The van der Waals surface area contributed by atoms with Crippen molar-refractivity contribution in [1.82, 2.24) is 5.32 Å². The molecular weight excluding hydrogens is 274 g/mol. The van der Waals surface area contributed by atoms with E-state index in [0.29, 0.717) is 23.3 Å². The van der Waals surface area contributed by atoms with Crippen LogP contribution in [0.4, 0.5) is 0 Å². The molecule has 1 aliphatic carbocycles. The summed E-state index contributed by atoms with van der Waals surface area (Å²) in [5, 5.41) is 3.49. The molecule has 0 unspecified atom stereocenters. The van der Waals surface area contributed by atoms with Crippen molar-refractivity contribution in [2.75, 3.05) is 19.4 Å². The fraction of sp³-hybridized carbons (Fsp3) is 0.600. The number of rotatable bonds is 6. The maximum atomic E-state index is 11.5. The van der Waals surface area contributed by atoms with Gasteiger partial charge in [-0.1, -0.05) is 25.3 Å². The first kappa shape index (κ1) is 15.3. The fourth-order valence-corrected chi connectivity index (χ4v) is 3.19. The Kier molecular flexibility index (Phi) is 5.43. The van der Waals surface area contributed by atoms with Crippen molar-refractivity contribution in [2.24, 2.45) is 0 Å². The second-order valence-electron chi connectivity index (χ2n) is 5.38. The molecule has 1 aliphatic rings. The lowest BCUT2D eigenvalue weighted by molar-refractivity contribution is 0.289. The van der Waals surface area contributed by atoms with Crippen LogP contribution in [0.3, 0.4) is 0 Å². The Morgan fingerprint density at radius 2 is 2.00 bits per heavy atom. The third kappa shape index (κ3) is 4.80. The van der Waals surface area contributed by atoms with Crippen LogP contribution in [0.15, 0.2) is 29.2 Å². The summed E-state index contributed by atoms with van der Waals surface area (Å²) in [6, 6.07) is 7.28. The fourth-order valence-electron chi connectivity index (χ4n) is 2.53. The molecule has 0 spiro atoms. The number of benzene rings is 1. The van der Waals surface area contributed by atoms with Gasteiger partial charge in [0.2, 0.25) is 0 Å². The van der Waals surface area contributed by atoms with Gasteiger partial charge in [0.15, 0.2) is 9.84 Å². The summed E-state index contributed by atoms with van der Waals surface area (Å²) in [5.74, 6) is 0.610. The van der Waals surface area contributed by atoms with Crippen LogP contribution in [-0.2, 0) is 9.84 Å². The summed E-state index contributed by atoms with van der Waals surface area (Å²) >= 11 is 0. The standard InChI is InChI=1S/C15H23NO3S/c1-20(17,18)15-9-5-8-14(12-15)19-11-10-16-13-6-3-2-4-7-13/h5,8-9,12-13,16H,2-4,6-7,10-11H2,1H3. The highest BCUT2D eigenvalue weighted by Crippen LogP contribution is 2.18. The summed E-state index contributed by atoms with van der Waals surface area (Å²) in [6.45, 7) is 1.36. The Morgan fingerprint density at radius 3 is 2.70 bits per heavy atom. The van der Waals surface area contributed by atoms with E-state index < -0.39 is 9.84 Å². The first-order chi connectivity index (χ1) is 9.55. The van der Waals surface area contributed by atoms with Crippen molar-refractivity contribution in [3.8, 4) is 5.75 Å².